The van der Waals surface area contributed by atoms with E-state index in [4.69, 9.17) is 0 Å². The van der Waals surface area contributed by atoms with E-state index in [0.29, 0.717) is 13.1 Å². The lowest BCUT2D eigenvalue weighted by Gasteiger charge is -2.31. The van der Waals surface area contributed by atoms with Crippen LogP contribution in [0.25, 0.3) is 0 Å². The highest BCUT2D eigenvalue weighted by Gasteiger charge is 2.27. The van der Waals surface area contributed by atoms with E-state index in [9.17, 15) is 17.6 Å². The third-order valence-electron chi connectivity index (χ3n) is 4.13. The normalized spacial score (nSPS) is 20.9. The van der Waals surface area contributed by atoms with E-state index in [1.807, 2.05) is 6.92 Å². The van der Waals surface area contributed by atoms with Crippen LogP contribution in [0.2, 0.25) is 0 Å². The van der Waals surface area contributed by atoms with Crippen LogP contribution in [-0.2, 0) is 14.8 Å². The number of carbonyl (C=O) groups excluding carboxylic acids is 1. The molecule has 0 aromatic heterocycles. The summed E-state index contributed by atoms with van der Waals surface area (Å²) >= 11 is 0. The summed E-state index contributed by atoms with van der Waals surface area (Å²) in [5, 5.41) is 2.90. The molecule has 0 radical (unpaired) electrons. The Bertz CT molecular complexity index is 663. The highest BCUT2D eigenvalue weighted by atomic mass is 32.2. The summed E-state index contributed by atoms with van der Waals surface area (Å²) in [6.45, 7) is 2.70. The van der Waals surface area contributed by atoms with Gasteiger partial charge in [0.05, 0.1) is 6.26 Å². The zero-order valence-electron chi connectivity index (χ0n) is 13.5. The van der Waals surface area contributed by atoms with Crippen LogP contribution in [0.3, 0.4) is 0 Å². The first kappa shape index (κ1) is 17.9. The SMILES string of the molecule is C[C@H](CC(=O)N[C@@H]1CCCN(S(C)(=O)=O)C1)c1cccc(F)c1. The van der Waals surface area contributed by atoms with Gasteiger partial charge in [-0.2, -0.15) is 0 Å². The zero-order chi connectivity index (χ0) is 17.0. The molecule has 128 valence electrons. The van der Waals surface area contributed by atoms with Crippen molar-refractivity contribution in [2.45, 2.75) is 38.1 Å². The van der Waals surface area contributed by atoms with Gasteiger partial charge in [0.2, 0.25) is 15.9 Å². The molecular formula is C16H23FN2O3S. The number of nitrogens with zero attached hydrogens (tertiary/aromatic N) is 1. The van der Waals surface area contributed by atoms with Crippen molar-refractivity contribution < 1.29 is 17.6 Å². The topological polar surface area (TPSA) is 66.5 Å². The van der Waals surface area contributed by atoms with Crippen molar-refractivity contribution in [2.75, 3.05) is 19.3 Å². The van der Waals surface area contributed by atoms with Gasteiger partial charge in [-0.05, 0) is 36.5 Å². The molecule has 0 unspecified atom stereocenters. The van der Waals surface area contributed by atoms with Crippen LogP contribution in [0.15, 0.2) is 24.3 Å². The van der Waals surface area contributed by atoms with Crippen LogP contribution >= 0.6 is 0 Å². The molecule has 5 nitrogen and oxygen atoms in total. The van der Waals surface area contributed by atoms with Crippen LogP contribution in [-0.4, -0.2) is 44.0 Å². The van der Waals surface area contributed by atoms with E-state index in [0.717, 1.165) is 18.4 Å². The van der Waals surface area contributed by atoms with Crippen molar-refractivity contribution in [3.63, 3.8) is 0 Å². The molecule has 7 heteroatoms. The van der Waals surface area contributed by atoms with E-state index < -0.39 is 10.0 Å². The van der Waals surface area contributed by atoms with Gasteiger partial charge in [0, 0.05) is 25.6 Å². The van der Waals surface area contributed by atoms with E-state index in [-0.39, 0.29) is 30.1 Å². The summed E-state index contributed by atoms with van der Waals surface area (Å²) in [7, 11) is -3.23. The number of rotatable bonds is 5. The molecule has 23 heavy (non-hydrogen) atoms. The zero-order valence-corrected chi connectivity index (χ0v) is 14.3. The maximum Gasteiger partial charge on any atom is 0.220 e. The van der Waals surface area contributed by atoms with Crippen LogP contribution in [0.1, 0.15) is 37.7 Å². The second-order valence-corrected chi connectivity index (χ2v) is 8.17. The Hall–Kier alpha value is -1.47. The molecule has 1 aliphatic rings. The third kappa shape index (κ3) is 5.28. The van der Waals surface area contributed by atoms with Crippen LogP contribution < -0.4 is 5.32 Å². The third-order valence-corrected chi connectivity index (χ3v) is 5.40. The molecule has 1 fully saturated rings. The fourth-order valence-electron chi connectivity index (χ4n) is 2.86. The van der Waals surface area contributed by atoms with Crippen molar-refractivity contribution in [3.8, 4) is 0 Å². The summed E-state index contributed by atoms with van der Waals surface area (Å²) < 4.78 is 37.8. The molecule has 1 aromatic carbocycles. The standard InChI is InChI=1S/C16H23FN2O3S/c1-12(13-5-3-6-14(17)10-13)9-16(20)18-15-7-4-8-19(11-15)23(2,21)22/h3,5-6,10,12,15H,4,7-9,11H2,1-2H3,(H,18,20)/t12-,15-/m1/s1. The lowest BCUT2D eigenvalue weighted by molar-refractivity contribution is -0.122. The van der Waals surface area contributed by atoms with Crippen molar-refractivity contribution in [3.05, 3.63) is 35.6 Å². The Balaban J connectivity index is 1.89. The molecule has 0 aliphatic carbocycles. The molecular weight excluding hydrogens is 319 g/mol. The largest absolute Gasteiger partial charge is 0.352 e. The van der Waals surface area contributed by atoms with E-state index in [1.54, 1.807) is 12.1 Å². The molecule has 2 rings (SSSR count). The van der Waals surface area contributed by atoms with Crippen molar-refractivity contribution >= 4 is 15.9 Å². The average molecular weight is 342 g/mol. The number of piperidine rings is 1. The number of carbonyl (C=O) groups is 1. The van der Waals surface area contributed by atoms with Gasteiger partial charge in [0.1, 0.15) is 5.82 Å². The Morgan fingerprint density at radius 1 is 1.48 bits per heavy atom. The monoisotopic (exact) mass is 342 g/mol. The molecule has 0 saturated carbocycles. The Kier molecular flexibility index (Phi) is 5.75. The van der Waals surface area contributed by atoms with Crippen molar-refractivity contribution in [1.29, 1.82) is 0 Å². The van der Waals surface area contributed by atoms with E-state index in [1.165, 1.54) is 22.7 Å². The number of hydrogen-bond donors (Lipinski definition) is 1. The van der Waals surface area contributed by atoms with Gasteiger partial charge in [0.15, 0.2) is 0 Å². The van der Waals surface area contributed by atoms with E-state index >= 15 is 0 Å². The minimum atomic E-state index is -3.23. The fourth-order valence-corrected chi connectivity index (χ4v) is 3.77. The first-order valence-electron chi connectivity index (χ1n) is 7.75. The van der Waals surface area contributed by atoms with Crippen LogP contribution in [0.4, 0.5) is 4.39 Å². The molecule has 1 heterocycles. The van der Waals surface area contributed by atoms with Crippen LogP contribution in [0, 0.1) is 5.82 Å². The van der Waals surface area contributed by atoms with Gasteiger partial charge in [-0.1, -0.05) is 19.1 Å². The fraction of sp³-hybridized carbons (Fsp3) is 0.562. The Morgan fingerprint density at radius 3 is 2.87 bits per heavy atom. The predicted molar refractivity (Wildman–Crippen MR) is 87.0 cm³/mol. The Morgan fingerprint density at radius 2 is 2.22 bits per heavy atom. The summed E-state index contributed by atoms with van der Waals surface area (Å²) in [6.07, 6.45) is 2.94. The number of amides is 1. The molecule has 1 saturated heterocycles. The van der Waals surface area contributed by atoms with E-state index in [2.05, 4.69) is 5.32 Å². The van der Waals surface area contributed by atoms with Crippen molar-refractivity contribution in [1.82, 2.24) is 9.62 Å². The number of benzene rings is 1. The highest BCUT2D eigenvalue weighted by molar-refractivity contribution is 7.88. The maximum absolute atomic E-state index is 13.2. The first-order chi connectivity index (χ1) is 10.8. The second kappa shape index (κ2) is 7.40. The quantitative estimate of drug-likeness (QED) is 0.888. The molecule has 2 atom stereocenters. The lowest BCUT2D eigenvalue weighted by Crippen LogP contribution is -2.49. The predicted octanol–water partition coefficient (Wildman–Crippen LogP) is 1.86. The van der Waals surface area contributed by atoms with Gasteiger partial charge in [-0.25, -0.2) is 17.1 Å². The summed E-state index contributed by atoms with van der Waals surface area (Å²) in [6, 6.07) is 6.07. The molecule has 1 aliphatic heterocycles. The van der Waals surface area contributed by atoms with Gasteiger partial charge >= 0.3 is 0 Å². The number of sulfonamides is 1. The van der Waals surface area contributed by atoms with Crippen molar-refractivity contribution in [2.24, 2.45) is 0 Å². The molecule has 1 N–H and O–H groups in total. The Labute approximate surface area is 136 Å². The van der Waals surface area contributed by atoms with Crippen LogP contribution in [0.5, 0.6) is 0 Å². The first-order valence-corrected chi connectivity index (χ1v) is 9.60. The average Bonchev–Trinajstić information content (AvgIpc) is 2.46. The highest BCUT2D eigenvalue weighted by Crippen LogP contribution is 2.20. The number of nitrogens with one attached hydrogen (secondary N) is 1. The second-order valence-electron chi connectivity index (χ2n) is 6.19. The number of hydrogen-bond acceptors (Lipinski definition) is 3. The molecule has 0 spiro atoms. The minimum absolute atomic E-state index is 0.0969. The maximum atomic E-state index is 13.2. The summed E-state index contributed by atoms with van der Waals surface area (Å²) in [5.74, 6) is -0.548. The van der Waals surface area contributed by atoms with Gasteiger partial charge in [0.25, 0.3) is 0 Å². The summed E-state index contributed by atoms with van der Waals surface area (Å²) in [5.41, 5.74) is 0.779. The number of halogens is 1. The minimum Gasteiger partial charge on any atom is -0.352 e. The molecule has 1 aromatic rings. The smallest absolute Gasteiger partial charge is 0.220 e. The van der Waals surface area contributed by atoms with Gasteiger partial charge in [-0.15, -0.1) is 0 Å². The van der Waals surface area contributed by atoms with Gasteiger partial charge < -0.3 is 5.32 Å². The van der Waals surface area contributed by atoms with Gasteiger partial charge in [-0.3, -0.25) is 4.79 Å². The molecule has 1 amide bonds. The summed E-state index contributed by atoms with van der Waals surface area (Å²) in [4.78, 5) is 12.2. The lowest BCUT2D eigenvalue weighted by atomic mass is 9.97. The molecule has 0 bridgehead atoms.